The van der Waals surface area contributed by atoms with Crippen molar-refractivity contribution >= 4 is 0 Å². The van der Waals surface area contributed by atoms with E-state index in [2.05, 4.69) is 0 Å². The van der Waals surface area contributed by atoms with Crippen molar-refractivity contribution in [1.82, 2.24) is 0 Å². The predicted molar refractivity (Wildman–Crippen MR) is 111 cm³/mol. The van der Waals surface area contributed by atoms with E-state index in [0.29, 0.717) is 19.1 Å². The third-order valence-electron chi connectivity index (χ3n) is 6.97. The quantitative estimate of drug-likeness (QED) is 0.579. The van der Waals surface area contributed by atoms with Crippen molar-refractivity contribution in [2.24, 2.45) is 5.92 Å². The lowest BCUT2D eigenvalue weighted by Crippen LogP contribution is -2.59. The van der Waals surface area contributed by atoms with Gasteiger partial charge in [0, 0.05) is 19.1 Å². The van der Waals surface area contributed by atoms with Crippen molar-refractivity contribution in [3.05, 3.63) is 71.0 Å². The fourth-order valence-corrected chi connectivity index (χ4v) is 5.22. The molecule has 1 spiro atoms. The van der Waals surface area contributed by atoms with E-state index in [0.717, 1.165) is 48.8 Å². The average Bonchev–Trinajstić information content (AvgIpc) is 3.07. The Morgan fingerprint density at radius 1 is 0.903 bits per heavy atom. The topological polar surface area (TPSA) is 46.2 Å². The van der Waals surface area contributed by atoms with Crippen LogP contribution >= 0.6 is 0 Å². The zero-order valence-corrected chi connectivity index (χ0v) is 17.8. The second kappa shape index (κ2) is 8.60. The molecular formula is C25H29FO5. The van der Waals surface area contributed by atoms with E-state index in [1.165, 1.54) is 18.6 Å². The first kappa shape index (κ1) is 21.0. The fourth-order valence-electron chi connectivity index (χ4n) is 5.22. The lowest BCUT2D eigenvalue weighted by atomic mass is 9.73. The van der Waals surface area contributed by atoms with Gasteiger partial charge in [-0.2, -0.15) is 4.89 Å². The lowest BCUT2D eigenvalue weighted by Gasteiger charge is -2.49. The molecule has 166 valence electrons. The number of halogens is 1. The van der Waals surface area contributed by atoms with Crippen LogP contribution in [-0.4, -0.2) is 19.0 Å². The number of ether oxygens (including phenoxy) is 3. The summed E-state index contributed by atoms with van der Waals surface area (Å²) in [5, 5.41) is 0. The van der Waals surface area contributed by atoms with Gasteiger partial charge in [-0.15, -0.1) is 0 Å². The summed E-state index contributed by atoms with van der Waals surface area (Å²) in [6.07, 6.45) is 5.62. The Labute approximate surface area is 182 Å². The normalized spacial score (nSPS) is 32.5. The van der Waals surface area contributed by atoms with Gasteiger partial charge in [0.2, 0.25) is 5.79 Å². The summed E-state index contributed by atoms with van der Waals surface area (Å²) < 4.78 is 31.0. The molecule has 2 aromatic rings. The van der Waals surface area contributed by atoms with Crippen molar-refractivity contribution in [3.63, 3.8) is 0 Å². The van der Waals surface area contributed by atoms with Crippen LogP contribution in [-0.2, 0) is 43.0 Å². The minimum atomic E-state index is -0.948. The molecule has 0 radical (unpaired) electrons. The van der Waals surface area contributed by atoms with Gasteiger partial charge in [-0.05, 0) is 48.4 Å². The summed E-state index contributed by atoms with van der Waals surface area (Å²) in [7, 11) is 1.68. The first-order valence-corrected chi connectivity index (χ1v) is 11.1. The maximum Gasteiger partial charge on any atom is 0.230 e. The number of rotatable bonds is 6. The summed E-state index contributed by atoms with van der Waals surface area (Å²) in [4.78, 5) is 12.1. The average molecular weight is 429 g/mol. The summed E-state index contributed by atoms with van der Waals surface area (Å²) in [5.74, 6) is -0.805. The zero-order chi connectivity index (χ0) is 21.3. The molecule has 1 saturated carbocycles. The van der Waals surface area contributed by atoms with E-state index in [1.54, 1.807) is 19.2 Å². The Morgan fingerprint density at radius 2 is 1.61 bits per heavy atom. The van der Waals surface area contributed by atoms with Gasteiger partial charge >= 0.3 is 0 Å². The third-order valence-corrected chi connectivity index (χ3v) is 6.97. The maximum atomic E-state index is 13.0. The molecule has 3 saturated heterocycles. The van der Waals surface area contributed by atoms with E-state index in [9.17, 15) is 4.39 Å². The molecule has 6 heteroatoms. The Balaban J connectivity index is 1.27. The van der Waals surface area contributed by atoms with Gasteiger partial charge in [-0.3, -0.25) is 0 Å². The summed E-state index contributed by atoms with van der Waals surface area (Å²) >= 11 is 0. The van der Waals surface area contributed by atoms with Crippen LogP contribution in [0.15, 0.2) is 48.5 Å². The molecule has 4 atom stereocenters. The van der Waals surface area contributed by atoms with Crippen molar-refractivity contribution in [2.75, 3.05) is 7.11 Å². The smallest absolute Gasteiger partial charge is 0.230 e. The number of hydrogen-bond donors (Lipinski definition) is 0. The van der Waals surface area contributed by atoms with E-state index >= 15 is 0 Å². The minimum Gasteiger partial charge on any atom is -0.372 e. The second-order valence-corrected chi connectivity index (χ2v) is 8.86. The first-order chi connectivity index (χ1) is 15.1. The van der Waals surface area contributed by atoms with Crippen molar-refractivity contribution < 1.29 is 28.4 Å². The minimum absolute atomic E-state index is 0.241. The molecule has 5 nitrogen and oxygen atoms in total. The van der Waals surface area contributed by atoms with Crippen LogP contribution in [0.1, 0.15) is 55.2 Å². The number of methoxy groups -OCH3 is 1. The number of benzene rings is 2. The van der Waals surface area contributed by atoms with Crippen LogP contribution in [0.25, 0.3) is 0 Å². The van der Waals surface area contributed by atoms with Crippen LogP contribution in [0.3, 0.4) is 0 Å². The highest BCUT2D eigenvalue weighted by Crippen LogP contribution is 2.55. The highest BCUT2D eigenvalue weighted by Gasteiger charge is 2.61. The molecule has 0 amide bonds. The van der Waals surface area contributed by atoms with Crippen molar-refractivity contribution in [1.29, 1.82) is 0 Å². The van der Waals surface area contributed by atoms with E-state index in [-0.39, 0.29) is 5.82 Å². The Bertz CT molecular complexity index is 882. The Hall–Kier alpha value is -1.83. The molecule has 0 unspecified atom stereocenters. The second-order valence-electron chi connectivity index (χ2n) is 8.86. The Morgan fingerprint density at radius 3 is 2.32 bits per heavy atom. The van der Waals surface area contributed by atoms with Gasteiger partial charge in [0.05, 0.1) is 13.2 Å². The molecule has 4 aliphatic rings. The largest absolute Gasteiger partial charge is 0.372 e. The maximum absolute atomic E-state index is 13.0. The molecule has 3 heterocycles. The number of fused-ring (bicyclic) bond motifs is 3. The van der Waals surface area contributed by atoms with Crippen LogP contribution in [0.2, 0.25) is 0 Å². The lowest BCUT2D eigenvalue weighted by molar-refractivity contribution is -0.558. The van der Waals surface area contributed by atoms with Crippen LogP contribution < -0.4 is 0 Å². The van der Waals surface area contributed by atoms with Gasteiger partial charge in [0.1, 0.15) is 5.82 Å². The monoisotopic (exact) mass is 428 g/mol. The summed E-state index contributed by atoms with van der Waals surface area (Å²) in [5.41, 5.74) is 2.41. The molecule has 1 aliphatic carbocycles. The van der Waals surface area contributed by atoms with Gasteiger partial charge in [0.25, 0.3) is 0 Å². The van der Waals surface area contributed by atoms with E-state index < -0.39 is 17.7 Å². The highest BCUT2D eigenvalue weighted by atomic mass is 19.1. The molecule has 4 fully saturated rings. The molecule has 2 bridgehead atoms. The summed E-state index contributed by atoms with van der Waals surface area (Å²) in [6.45, 7) is 0.903. The highest BCUT2D eigenvalue weighted by molar-refractivity contribution is 5.27. The van der Waals surface area contributed by atoms with E-state index in [4.69, 9.17) is 24.0 Å². The van der Waals surface area contributed by atoms with Gasteiger partial charge in [-0.25, -0.2) is 9.28 Å². The number of hydrogen-bond acceptors (Lipinski definition) is 5. The standard InChI is InChI=1S/C25H29FO5/c1-27-23-24-14-3-2-4-20(24)13-15-25(29-23,31-30-24)21-9-5-18(6-10-21)16-28-17-19-7-11-22(26)12-8-19/h5-12,20,23H,2-4,13-17H2,1H3/t20-,23-,24+,25+/m1/s1. The molecule has 31 heavy (non-hydrogen) atoms. The molecule has 6 rings (SSSR count). The van der Waals surface area contributed by atoms with Gasteiger partial charge < -0.3 is 14.2 Å². The van der Waals surface area contributed by atoms with Crippen LogP contribution in [0.4, 0.5) is 4.39 Å². The van der Waals surface area contributed by atoms with Crippen molar-refractivity contribution in [3.8, 4) is 0 Å². The summed E-state index contributed by atoms with van der Waals surface area (Å²) in [6, 6.07) is 14.4. The molecule has 3 aliphatic heterocycles. The van der Waals surface area contributed by atoms with Crippen molar-refractivity contribution in [2.45, 2.75) is 69.4 Å². The van der Waals surface area contributed by atoms with Crippen LogP contribution in [0.5, 0.6) is 0 Å². The SMILES string of the molecule is CO[C@@H]1O[C@@]2(c3ccc(COCc4ccc(F)cc4)cc3)CC[C@H]3CCCC[C@]31OO2. The third kappa shape index (κ3) is 3.92. The first-order valence-electron chi connectivity index (χ1n) is 11.1. The fraction of sp³-hybridized carbons (Fsp3) is 0.520. The van der Waals surface area contributed by atoms with E-state index in [1.807, 2.05) is 24.3 Å². The zero-order valence-electron chi connectivity index (χ0n) is 17.8. The Kier molecular flexibility index (Phi) is 5.84. The van der Waals surface area contributed by atoms with Gasteiger partial charge in [0.15, 0.2) is 11.9 Å². The molecule has 0 N–H and O–H groups in total. The molecular weight excluding hydrogens is 399 g/mol. The van der Waals surface area contributed by atoms with Gasteiger partial charge in [-0.1, -0.05) is 49.2 Å². The molecule has 2 aromatic carbocycles. The molecule has 0 aromatic heterocycles. The van der Waals surface area contributed by atoms with Crippen LogP contribution in [0, 0.1) is 11.7 Å². The predicted octanol–water partition coefficient (Wildman–Crippen LogP) is 5.37.